The molecule has 31 heavy (non-hydrogen) atoms. The van der Waals surface area contributed by atoms with Gasteiger partial charge in [0.25, 0.3) is 5.69 Å². The van der Waals surface area contributed by atoms with E-state index in [1.54, 1.807) is 12.1 Å². The highest BCUT2D eigenvalue weighted by Crippen LogP contribution is 2.31. The Morgan fingerprint density at radius 3 is 2.55 bits per heavy atom. The van der Waals surface area contributed by atoms with Crippen molar-refractivity contribution in [3.05, 3.63) is 64.2 Å². The second-order valence-electron chi connectivity index (χ2n) is 8.45. The Hall–Kier alpha value is -2.68. The van der Waals surface area contributed by atoms with Crippen molar-refractivity contribution < 1.29 is 28.7 Å². The van der Waals surface area contributed by atoms with Gasteiger partial charge in [-0.15, -0.1) is 0 Å². The SMILES string of the molecule is O=[N+]([O-])c1ccc(C[N+]2(C[C@@H](O)COC[C@H]3COc4ccccc4O3)CCCC2)cc1. The number of non-ortho nitro benzene ring substituents is 1. The molecule has 2 heterocycles. The van der Waals surface area contributed by atoms with Gasteiger partial charge in [0.2, 0.25) is 0 Å². The zero-order valence-electron chi connectivity index (χ0n) is 17.5. The molecule has 0 aliphatic carbocycles. The zero-order chi connectivity index (χ0) is 21.7. The largest absolute Gasteiger partial charge is 0.486 e. The number of hydrogen-bond donors (Lipinski definition) is 1. The van der Waals surface area contributed by atoms with Gasteiger partial charge >= 0.3 is 0 Å². The number of para-hydroxylation sites is 2. The lowest BCUT2D eigenvalue weighted by molar-refractivity contribution is -0.932. The van der Waals surface area contributed by atoms with Crippen molar-refractivity contribution in [2.24, 2.45) is 0 Å². The van der Waals surface area contributed by atoms with Crippen LogP contribution in [-0.4, -0.2) is 66.2 Å². The van der Waals surface area contributed by atoms with E-state index in [9.17, 15) is 15.2 Å². The average molecular weight is 429 g/mol. The minimum Gasteiger partial charge on any atom is -0.486 e. The van der Waals surface area contributed by atoms with E-state index in [2.05, 4.69) is 0 Å². The first-order valence-corrected chi connectivity index (χ1v) is 10.8. The van der Waals surface area contributed by atoms with Gasteiger partial charge in [-0.05, 0) is 24.3 Å². The molecule has 2 atom stereocenters. The van der Waals surface area contributed by atoms with E-state index in [0.717, 1.165) is 48.3 Å². The van der Waals surface area contributed by atoms with Crippen LogP contribution in [0.4, 0.5) is 5.69 Å². The summed E-state index contributed by atoms with van der Waals surface area (Å²) in [5.41, 5.74) is 1.15. The van der Waals surface area contributed by atoms with Crippen LogP contribution < -0.4 is 9.47 Å². The van der Waals surface area contributed by atoms with E-state index >= 15 is 0 Å². The van der Waals surface area contributed by atoms with E-state index in [1.807, 2.05) is 36.4 Å². The first-order valence-electron chi connectivity index (χ1n) is 10.8. The van der Waals surface area contributed by atoms with Gasteiger partial charge in [-0.2, -0.15) is 0 Å². The van der Waals surface area contributed by atoms with Crippen LogP contribution in [0, 0.1) is 10.1 Å². The summed E-state index contributed by atoms with van der Waals surface area (Å²) < 4.78 is 18.1. The van der Waals surface area contributed by atoms with E-state index in [-0.39, 0.29) is 23.3 Å². The lowest BCUT2D eigenvalue weighted by atomic mass is 10.1. The third-order valence-electron chi connectivity index (χ3n) is 5.96. The lowest BCUT2D eigenvalue weighted by Gasteiger charge is -2.36. The fourth-order valence-corrected chi connectivity index (χ4v) is 4.50. The topological polar surface area (TPSA) is 91.1 Å². The van der Waals surface area contributed by atoms with Gasteiger partial charge < -0.3 is 23.8 Å². The maximum absolute atomic E-state index is 10.9. The summed E-state index contributed by atoms with van der Waals surface area (Å²) in [6.45, 7) is 4.35. The highest BCUT2D eigenvalue weighted by atomic mass is 16.6. The fourth-order valence-electron chi connectivity index (χ4n) is 4.50. The first-order chi connectivity index (χ1) is 15.0. The van der Waals surface area contributed by atoms with Crippen molar-refractivity contribution >= 4 is 5.69 Å². The van der Waals surface area contributed by atoms with Crippen molar-refractivity contribution in [1.82, 2.24) is 0 Å². The first kappa shape index (κ1) is 21.5. The molecule has 0 aromatic heterocycles. The van der Waals surface area contributed by atoms with Crippen LogP contribution in [0.1, 0.15) is 18.4 Å². The van der Waals surface area contributed by atoms with Gasteiger partial charge in [-0.25, -0.2) is 0 Å². The highest BCUT2D eigenvalue weighted by Gasteiger charge is 2.34. The van der Waals surface area contributed by atoms with Crippen LogP contribution in [0.5, 0.6) is 11.5 Å². The zero-order valence-corrected chi connectivity index (χ0v) is 17.5. The van der Waals surface area contributed by atoms with E-state index in [0.29, 0.717) is 25.5 Å². The standard InChI is InChI=1S/C23H29N2O6/c26-20(15-29-16-21-17-30-22-5-1-2-6-23(22)31-21)14-25(11-3-4-12-25)13-18-7-9-19(10-8-18)24(27)28/h1-2,5-10,20-21,26H,3-4,11-17H2/q+1/t20-,21+/m1/s1. The summed E-state index contributed by atoms with van der Waals surface area (Å²) in [6.07, 6.45) is 1.45. The number of nitrogens with zero attached hydrogens (tertiary/aromatic N) is 2. The van der Waals surface area contributed by atoms with Crippen LogP contribution in [-0.2, 0) is 11.3 Å². The molecule has 0 radical (unpaired) electrons. The highest BCUT2D eigenvalue weighted by molar-refractivity contribution is 5.40. The van der Waals surface area contributed by atoms with Crippen LogP contribution >= 0.6 is 0 Å². The molecule has 1 fully saturated rings. The number of aliphatic hydroxyl groups excluding tert-OH is 1. The third kappa shape index (κ3) is 5.52. The summed E-state index contributed by atoms with van der Waals surface area (Å²) in [5, 5.41) is 21.5. The van der Waals surface area contributed by atoms with Gasteiger partial charge in [0.1, 0.15) is 25.8 Å². The molecule has 2 aliphatic rings. The van der Waals surface area contributed by atoms with Crippen molar-refractivity contribution in [2.45, 2.75) is 31.6 Å². The number of ether oxygens (including phenoxy) is 3. The minimum atomic E-state index is -0.590. The number of benzene rings is 2. The van der Waals surface area contributed by atoms with Crippen LogP contribution in [0.3, 0.4) is 0 Å². The lowest BCUT2D eigenvalue weighted by Crippen LogP contribution is -2.50. The third-order valence-corrected chi connectivity index (χ3v) is 5.96. The van der Waals surface area contributed by atoms with Crippen molar-refractivity contribution in [2.75, 3.05) is 39.5 Å². The molecule has 0 amide bonds. The Kier molecular flexibility index (Phi) is 6.70. The molecule has 0 saturated carbocycles. The summed E-state index contributed by atoms with van der Waals surface area (Å²) >= 11 is 0. The maximum atomic E-state index is 10.9. The second-order valence-corrected chi connectivity index (χ2v) is 8.45. The Morgan fingerprint density at radius 1 is 1.13 bits per heavy atom. The summed E-state index contributed by atoms with van der Waals surface area (Å²) in [5.74, 6) is 1.46. The van der Waals surface area contributed by atoms with Crippen molar-refractivity contribution in [1.29, 1.82) is 0 Å². The van der Waals surface area contributed by atoms with Gasteiger partial charge in [0, 0.05) is 30.5 Å². The molecule has 4 rings (SSSR count). The van der Waals surface area contributed by atoms with Gasteiger partial charge in [0.05, 0.1) is 31.2 Å². The van der Waals surface area contributed by atoms with Crippen molar-refractivity contribution in [3.8, 4) is 11.5 Å². The van der Waals surface area contributed by atoms with Crippen LogP contribution in [0.2, 0.25) is 0 Å². The number of nitro groups is 1. The fraction of sp³-hybridized carbons (Fsp3) is 0.478. The number of nitro benzene ring substituents is 1. The molecule has 0 bridgehead atoms. The normalized spacial score (nSPS) is 20.4. The molecule has 8 nitrogen and oxygen atoms in total. The maximum Gasteiger partial charge on any atom is 0.269 e. The predicted octanol–water partition coefficient (Wildman–Crippen LogP) is 2.92. The summed E-state index contributed by atoms with van der Waals surface area (Å²) in [7, 11) is 0. The molecule has 2 aliphatic heterocycles. The number of hydrogen-bond acceptors (Lipinski definition) is 6. The smallest absolute Gasteiger partial charge is 0.269 e. The molecular formula is C23H29N2O6+. The molecular weight excluding hydrogens is 400 g/mol. The molecule has 166 valence electrons. The number of quaternary nitrogens is 1. The van der Waals surface area contributed by atoms with E-state index in [1.165, 1.54) is 0 Å². The minimum absolute atomic E-state index is 0.0988. The molecule has 8 heteroatoms. The molecule has 1 saturated heterocycles. The number of fused-ring (bicyclic) bond motifs is 1. The van der Waals surface area contributed by atoms with E-state index in [4.69, 9.17) is 14.2 Å². The van der Waals surface area contributed by atoms with E-state index < -0.39 is 6.10 Å². The summed E-state index contributed by atoms with van der Waals surface area (Å²) in [6, 6.07) is 14.3. The molecule has 2 aromatic carbocycles. The molecule has 2 aromatic rings. The monoisotopic (exact) mass is 429 g/mol. The number of aliphatic hydroxyl groups is 1. The number of rotatable bonds is 9. The summed E-state index contributed by atoms with van der Waals surface area (Å²) in [4.78, 5) is 10.5. The van der Waals surface area contributed by atoms with Crippen molar-refractivity contribution in [3.63, 3.8) is 0 Å². The van der Waals surface area contributed by atoms with Gasteiger partial charge in [-0.1, -0.05) is 12.1 Å². The quantitative estimate of drug-likeness (QED) is 0.374. The Balaban J connectivity index is 1.27. The number of likely N-dealkylation sites (tertiary alicyclic amines) is 1. The Labute approximate surface area is 181 Å². The predicted molar refractivity (Wildman–Crippen MR) is 114 cm³/mol. The van der Waals surface area contributed by atoms with Gasteiger partial charge in [-0.3, -0.25) is 10.1 Å². The van der Waals surface area contributed by atoms with Crippen LogP contribution in [0.25, 0.3) is 0 Å². The molecule has 1 N–H and O–H groups in total. The second kappa shape index (κ2) is 9.64. The van der Waals surface area contributed by atoms with Crippen LogP contribution in [0.15, 0.2) is 48.5 Å². The average Bonchev–Trinajstić information content (AvgIpc) is 3.21. The molecule has 0 spiro atoms. The Bertz CT molecular complexity index is 882. The van der Waals surface area contributed by atoms with Gasteiger partial charge in [0.15, 0.2) is 17.6 Å². The Morgan fingerprint density at radius 2 is 1.84 bits per heavy atom. The molecule has 0 unspecified atom stereocenters.